The number of benzene rings is 3. The Labute approximate surface area is 178 Å². The number of aldehydes is 1. The summed E-state index contributed by atoms with van der Waals surface area (Å²) in [6.07, 6.45) is 3.36. The van der Waals surface area contributed by atoms with E-state index in [1.54, 1.807) is 30.3 Å². The van der Waals surface area contributed by atoms with E-state index in [2.05, 4.69) is 6.92 Å². The zero-order valence-corrected chi connectivity index (χ0v) is 17.2. The van der Waals surface area contributed by atoms with Crippen LogP contribution in [-0.2, 0) is 17.6 Å². The first-order chi connectivity index (χ1) is 14.5. The van der Waals surface area contributed by atoms with Crippen LogP contribution >= 0.6 is 11.6 Å². The molecule has 0 unspecified atom stereocenters. The SMILES string of the molecule is CCCCc1c2c(c(O)c3ccccc13)C(=O)N(c1ccc(CC=O)cc1Cl)C2=O. The molecule has 152 valence electrons. The second-order valence-corrected chi connectivity index (χ2v) is 7.74. The van der Waals surface area contributed by atoms with Gasteiger partial charge in [-0.1, -0.05) is 55.3 Å². The first-order valence-corrected chi connectivity index (χ1v) is 10.2. The number of imide groups is 1. The number of rotatable bonds is 6. The molecule has 0 radical (unpaired) electrons. The molecule has 1 heterocycles. The second-order valence-electron chi connectivity index (χ2n) is 7.33. The number of hydrogen-bond acceptors (Lipinski definition) is 4. The summed E-state index contributed by atoms with van der Waals surface area (Å²) in [7, 11) is 0. The molecule has 1 aliphatic rings. The lowest BCUT2D eigenvalue weighted by Crippen LogP contribution is -2.29. The summed E-state index contributed by atoms with van der Waals surface area (Å²) < 4.78 is 0. The first-order valence-electron chi connectivity index (χ1n) is 9.87. The molecule has 0 aliphatic carbocycles. The van der Waals surface area contributed by atoms with E-state index in [1.807, 2.05) is 12.1 Å². The first kappa shape index (κ1) is 20.1. The number of aryl methyl sites for hydroxylation is 1. The van der Waals surface area contributed by atoms with Crippen LogP contribution in [0.1, 0.15) is 51.6 Å². The van der Waals surface area contributed by atoms with Crippen molar-refractivity contribution in [1.82, 2.24) is 0 Å². The van der Waals surface area contributed by atoms with Crippen LogP contribution in [0.25, 0.3) is 10.8 Å². The minimum Gasteiger partial charge on any atom is -0.506 e. The molecule has 30 heavy (non-hydrogen) atoms. The van der Waals surface area contributed by atoms with Gasteiger partial charge in [0, 0.05) is 11.8 Å². The molecule has 1 N–H and O–H groups in total. The number of phenols is 1. The number of carbonyl (C=O) groups excluding carboxylic acids is 3. The minimum absolute atomic E-state index is 0.0258. The Morgan fingerprint density at radius 2 is 1.73 bits per heavy atom. The molecule has 2 amide bonds. The van der Waals surface area contributed by atoms with Crippen LogP contribution in [0.5, 0.6) is 5.75 Å². The molecule has 1 aliphatic heterocycles. The minimum atomic E-state index is -0.596. The molecule has 0 bridgehead atoms. The van der Waals surface area contributed by atoms with E-state index >= 15 is 0 Å². The zero-order valence-electron chi connectivity index (χ0n) is 16.4. The van der Waals surface area contributed by atoms with E-state index in [9.17, 15) is 19.5 Å². The number of hydrogen-bond donors (Lipinski definition) is 1. The maximum atomic E-state index is 13.4. The van der Waals surface area contributed by atoms with E-state index in [1.165, 1.54) is 0 Å². The van der Waals surface area contributed by atoms with E-state index in [4.69, 9.17) is 11.6 Å². The predicted octanol–water partition coefficient (Wildman–Crippen LogP) is 5.08. The van der Waals surface area contributed by atoms with Crippen LogP contribution in [0.2, 0.25) is 5.02 Å². The number of halogens is 1. The fraction of sp³-hybridized carbons (Fsp3) is 0.208. The van der Waals surface area contributed by atoms with Gasteiger partial charge in [-0.05, 0) is 41.5 Å². The van der Waals surface area contributed by atoms with Crippen LogP contribution in [0.15, 0.2) is 42.5 Å². The Morgan fingerprint density at radius 1 is 1.03 bits per heavy atom. The standard InChI is InChI=1S/C24H20ClNO4/c1-2-3-6-16-15-7-4-5-8-17(15)22(28)21-20(16)23(29)26(24(21)30)19-10-9-14(11-12-27)13-18(19)25/h4-5,7-10,12-13,28H,2-3,6,11H2,1H3. The fourth-order valence-corrected chi connectivity index (χ4v) is 4.33. The van der Waals surface area contributed by atoms with Crippen molar-refractivity contribution in [3.8, 4) is 5.75 Å². The number of fused-ring (bicyclic) bond motifs is 2. The molecule has 5 nitrogen and oxygen atoms in total. The molecule has 6 heteroatoms. The van der Waals surface area contributed by atoms with Gasteiger partial charge >= 0.3 is 0 Å². The number of nitrogens with zero attached hydrogens (tertiary/aromatic N) is 1. The van der Waals surface area contributed by atoms with Crippen molar-refractivity contribution in [3.63, 3.8) is 0 Å². The van der Waals surface area contributed by atoms with E-state index in [0.29, 0.717) is 17.4 Å². The van der Waals surface area contributed by atoms with Crippen LogP contribution in [0, 0.1) is 0 Å². The topological polar surface area (TPSA) is 74.7 Å². The van der Waals surface area contributed by atoms with E-state index in [0.717, 1.165) is 35.0 Å². The Bertz CT molecular complexity index is 1200. The monoisotopic (exact) mass is 421 g/mol. The molecule has 0 aromatic heterocycles. The summed E-state index contributed by atoms with van der Waals surface area (Å²) in [5, 5.41) is 12.4. The quantitative estimate of drug-likeness (QED) is 0.444. The normalized spacial score (nSPS) is 13.2. The molecule has 0 saturated heterocycles. The van der Waals surface area contributed by atoms with Gasteiger partial charge in [0.2, 0.25) is 0 Å². The maximum absolute atomic E-state index is 13.4. The molecule has 3 aromatic rings. The van der Waals surface area contributed by atoms with Gasteiger partial charge in [-0.2, -0.15) is 0 Å². The molecular formula is C24H20ClNO4. The Morgan fingerprint density at radius 3 is 2.40 bits per heavy atom. The molecule has 0 saturated carbocycles. The highest BCUT2D eigenvalue weighted by Gasteiger charge is 2.42. The average molecular weight is 422 g/mol. The van der Waals surface area contributed by atoms with Crippen molar-refractivity contribution < 1.29 is 19.5 Å². The molecule has 4 rings (SSSR count). The van der Waals surface area contributed by atoms with E-state index < -0.39 is 11.8 Å². The largest absolute Gasteiger partial charge is 0.506 e. The van der Waals surface area contributed by atoms with Gasteiger partial charge in [0.15, 0.2) is 0 Å². The Kier molecular flexibility index (Phi) is 5.31. The summed E-state index contributed by atoms with van der Waals surface area (Å²) in [6, 6.07) is 12.1. The van der Waals surface area contributed by atoms with Crippen molar-refractivity contribution in [2.75, 3.05) is 4.90 Å². The number of anilines is 1. The van der Waals surface area contributed by atoms with Gasteiger partial charge in [-0.15, -0.1) is 0 Å². The van der Waals surface area contributed by atoms with Crippen molar-refractivity contribution in [3.05, 3.63) is 69.7 Å². The Balaban J connectivity index is 1.92. The van der Waals surface area contributed by atoms with Crippen LogP contribution < -0.4 is 4.90 Å². The van der Waals surface area contributed by atoms with Crippen LogP contribution in [0.3, 0.4) is 0 Å². The lowest BCUT2D eigenvalue weighted by Gasteiger charge is -2.16. The van der Waals surface area contributed by atoms with Crippen molar-refractivity contribution >= 4 is 46.2 Å². The maximum Gasteiger partial charge on any atom is 0.269 e. The zero-order chi connectivity index (χ0) is 21.4. The van der Waals surface area contributed by atoms with Gasteiger partial charge < -0.3 is 9.90 Å². The van der Waals surface area contributed by atoms with Gasteiger partial charge in [-0.3, -0.25) is 9.59 Å². The Hall–Kier alpha value is -3.18. The van der Waals surface area contributed by atoms with Gasteiger partial charge in [-0.25, -0.2) is 4.90 Å². The summed E-state index contributed by atoms with van der Waals surface area (Å²) in [6.45, 7) is 2.06. The molecular weight excluding hydrogens is 402 g/mol. The van der Waals surface area contributed by atoms with Gasteiger partial charge in [0.1, 0.15) is 12.0 Å². The third kappa shape index (κ3) is 3.06. The highest BCUT2D eigenvalue weighted by atomic mass is 35.5. The molecule has 3 aromatic carbocycles. The highest BCUT2D eigenvalue weighted by Crippen LogP contribution is 2.43. The summed E-state index contributed by atoms with van der Waals surface area (Å²) in [5.41, 5.74) is 1.97. The summed E-state index contributed by atoms with van der Waals surface area (Å²) >= 11 is 6.36. The average Bonchev–Trinajstić information content (AvgIpc) is 2.99. The van der Waals surface area contributed by atoms with E-state index in [-0.39, 0.29) is 34.0 Å². The highest BCUT2D eigenvalue weighted by molar-refractivity contribution is 6.41. The number of amides is 2. The third-order valence-corrected chi connectivity index (χ3v) is 5.78. The van der Waals surface area contributed by atoms with Crippen LogP contribution in [-0.4, -0.2) is 23.2 Å². The lowest BCUT2D eigenvalue weighted by atomic mass is 9.91. The van der Waals surface area contributed by atoms with Gasteiger partial charge in [0.05, 0.1) is 21.8 Å². The third-order valence-electron chi connectivity index (χ3n) is 5.48. The molecule has 0 spiro atoms. The summed E-state index contributed by atoms with van der Waals surface area (Å²) in [5.74, 6) is -1.27. The van der Waals surface area contributed by atoms with Crippen molar-refractivity contribution in [2.24, 2.45) is 0 Å². The fourth-order valence-electron chi connectivity index (χ4n) is 4.04. The van der Waals surface area contributed by atoms with Gasteiger partial charge in [0.25, 0.3) is 11.8 Å². The second kappa shape index (κ2) is 7.92. The number of phenolic OH excluding ortho intramolecular Hbond substituents is 1. The molecule has 0 atom stereocenters. The predicted molar refractivity (Wildman–Crippen MR) is 117 cm³/mol. The molecule has 0 fully saturated rings. The van der Waals surface area contributed by atoms with Crippen LogP contribution in [0.4, 0.5) is 5.69 Å². The number of aromatic hydroxyl groups is 1. The lowest BCUT2D eigenvalue weighted by molar-refractivity contribution is -0.107. The smallest absolute Gasteiger partial charge is 0.269 e. The van der Waals surface area contributed by atoms with Crippen molar-refractivity contribution in [2.45, 2.75) is 32.6 Å². The number of carbonyl (C=O) groups is 3. The number of unbranched alkanes of at least 4 members (excludes halogenated alkanes) is 1. The van der Waals surface area contributed by atoms with Crippen molar-refractivity contribution in [1.29, 1.82) is 0 Å². The summed E-state index contributed by atoms with van der Waals surface area (Å²) in [4.78, 5) is 38.5.